The fraction of sp³-hybridized carbons (Fsp3) is 0.467. The SMILES string of the molecule is CCN(CC(=O)NC(=O)NC1CC1)Cc1c(F)cccc1F. The minimum absolute atomic E-state index is 0.0350. The zero-order valence-corrected chi connectivity index (χ0v) is 12.4. The average Bonchev–Trinajstić information content (AvgIpc) is 3.25. The van der Waals surface area contributed by atoms with Crippen LogP contribution in [-0.2, 0) is 11.3 Å². The van der Waals surface area contributed by atoms with Crippen molar-refractivity contribution in [2.45, 2.75) is 32.4 Å². The van der Waals surface area contributed by atoms with Gasteiger partial charge in [0.05, 0.1) is 6.54 Å². The van der Waals surface area contributed by atoms with Gasteiger partial charge in [-0.25, -0.2) is 13.6 Å². The zero-order valence-electron chi connectivity index (χ0n) is 12.4. The monoisotopic (exact) mass is 311 g/mol. The predicted octanol–water partition coefficient (Wildman–Crippen LogP) is 1.77. The molecule has 3 amide bonds. The van der Waals surface area contributed by atoms with Crippen LogP contribution in [-0.4, -0.2) is 36.0 Å². The summed E-state index contributed by atoms with van der Waals surface area (Å²) < 4.78 is 27.2. The number of rotatable bonds is 6. The Labute approximate surface area is 127 Å². The maximum atomic E-state index is 13.6. The molecule has 1 aliphatic rings. The third-order valence-corrected chi connectivity index (χ3v) is 3.42. The minimum Gasteiger partial charge on any atom is -0.335 e. The molecule has 0 aromatic heterocycles. The summed E-state index contributed by atoms with van der Waals surface area (Å²) in [6.07, 6.45) is 1.85. The molecule has 0 bridgehead atoms. The summed E-state index contributed by atoms with van der Waals surface area (Å²) in [4.78, 5) is 24.8. The maximum absolute atomic E-state index is 13.6. The highest BCUT2D eigenvalue weighted by atomic mass is 19.1. The first-order valence-electron chi connectivity index (χ1n) is 7.25. The van der Waals surface area contributed by atoms with Gasteiger partial charge in [0.1, 0.15) is 11.6 Å². The van der Waals surface area contributed by atoms with Gasteiger partial charge < -0.3 is 5.32 Å². The molecular formula is C15H19F2N3O2. The van der Waals surface area contributed by atoms with Crippen LogP contribution in [0.1, 0.15) is 25.3 Å². The second-order valence-corrected chi connectivity index (χ2v) is 5.30. The number of hydrogen-bond acceptors (Lipinski definition) is 3. The van der Waals surface area contributed by atoms with E-state index in [0.717, 1.165) is 12.8 Å². The quantitative estimate of drug-likeness (QED) is 0.842. The Morgan fingerprint density at radius 1 is 1.27 bits per heavy atom. The Bertz CT molecular complexity index is 541. The molecule has 0 atom stereocenters. The highest BCUT2D eigenvalue weighted by molar-refractivity contribution is 5.95. The lowest BCUT2D eigenvalue weighted by molar-refractivity contribution is -0.121. The van der Waals surface area contributed by atoms with Crippen LogP contribution < -0.4 is 10.6 Å². The van der Waals surface area contributed by atoms with Crippen LogP contribution in [0.3, 0.4) is 0 Å². The van der Waals surface area contributed by atoms with Crippen molar-refractivity contribution in [2.75, 3.05) is 13.1 Å². The molecule has 120 valence electrons. The van der Waals surface area contributed by atoms with Gasteiger partial charge in [-0.05, 0) is 31.5 Å². The van der Waals surface area contributed by atoms with Crippen molar-refractivity contribution in [3.8, 4) is 0 Å². The number of imide groups is 1. The summed E-state index contributed by atoms with van der Waals surface area (Å²) in [5.74, 6) is -1.80. The number of halogens is 2. The topological polar surface area (TPSA) is 61.4 Å². The van der Waals surface area contributed by atoms with Crippen LogP contribution in [0, 0.1) is 11.6 Å². The van der Waals surface area contributed by atoms with Gasteiger partial charge in [0.25, 0.3) is 0 Å². The molecule has 0 aliphatic heterocycles. The lowest BCUT2D eigenvalue weighted by atomic mass is 10.2. The van der Waals surface area contributed by atoms with Gasteiger partial charge in [-0.2, -0.15) is 0 Å². The van der Waals surface area contributed by atoms with Crippen molar-refractivity contribution in [1.29, 1.82) is 0 Å². The van der Waals surface area contributed by atoms with Crippen LogP contribution in [0.15, 0.2) is 18.2 Å². The Morgan fingerprint density at radius 2 is 1.91 bits per heavy atom. The first-order valence-corrected chi connectivity index (χ1v) is 7.25. The number of carbonyl (C=O) groups is 2. The van der Waals surface area contributed by atoms with E-state index in [1.807, 2.05) is 0 Å². The molecule has 5 nitrogen and oxygen atoms in total. The van der Waals surface area contributed by atoms with Crippen molar-refractivity contribution in [1.82, 2.24) is 15.5 Å². The fourth-order valence-electron chi connectivity index (χ4n) is 2.00. The standard InChI is InChI=1S/C15H19F2N3O2/c1-2-20(8-11-12(16)4-3-5-13(11)17)9-14(21)19-15(22)18-10-6-7-10/h3-5,10H,2,6-9H2,1H3,(H2,18,19,21,22). The number of hydrogen-bond donors (Lipinski definition) is 2. The largest absolute Gasteiger partial charge is 0.335 e. The highest BCUT2D eigenvalue weighted by Gasteiger charge is 2.24. The highest BCUT2D eigenvalue weighted by Crippen LogP contribution is 2.18. The summed E-state index contributed by atoms with van der Waals surface area (Å²) in [5.41, 5.74) is -0.0837. The summed E-state index contributed by atoms with van der Waals surface area (Å²) in [6.45, 7) is 2.05. The van der Waals surface area contributed by atoms with Crippen LogP contribution in [0.2, 0.25) is 0 Å². The van der Waals surface area contributed by atoms with Crippen LogP contribution in [0.4, 0.5) is 13.6 Å². The minimum atomic E-state index is -0.648. The van der Waals surface area contributed by atoms with Crippen molar-refractivity contribution in [3.05, 3.63) is 35.4 Å². The lowest BCUT2D eigenvalue weighted by Gasteiger charge is -2.20. The Hall–Kier alpha value is -2.02. The molecule has 2 rings (SSSR count). The number of likely N-dealkylation sites (N-methyl/N-ethyl adjacent to an activating group) is 1. The third-order valence-electron chi connectivity index (χ3n) is 3.42. The molecule has 0 radical (unpaired) electrons. The van der Waals surface area contributed by atoms with E-state index in [4.69, 9.17) is 0 Å². The molecule has 1 aromatic rings. The van der Waals surface area contributed by atoms with E-state index in [9.17, 15) is 18.4 Å². The van der Waals surface area contributed by atoms with Crippen molar-refractivity contribution in [2.24, 2.45) is 0 Å². The van der Waals surface area contributed by atoms with Gasteiger partial charge >= 0.3 is 6.03 Å². The third kappa shape index (κ3) is 4.77. The first-order chi connectivity index (χ1) is 10.5. The number of carbonyl (C=O) groups excluding carboxylic acids is 2. The first kappa shape index (κ1) is 16.4. The van der Waals surface area contributed by atoms with Crippen LogP contribution in [0.25, 0.3) is 0 Å². The number of benzene rings is 1. The number of urea groups is 1. The van der Waals surface area contributed by atoms with Crippen molar-refractivity contribution in [3.63, 3.8) is 0 Å². The lowest BCUT2D eigenvalue weighted by Crippen LogP contribution is -2.45. The van der Waals surface area contributed by atoms with Crippen LogP contribution >= 0.6 is 0 Å². The van der Waals surface area contributed by atoms with E-state index in [1.165, 1.54) is 18.2 Å². The molecule has 22 heavy (non-hydrogen) atoms. The zero-order chi connectivity index (χ0) is 16.1. The van der Waals surface area contributed by atoms with Crippen LogP contribution in [0.5, 0.6) is 0 Å². The number of amides is 3. The smallest absolute Gasteiger partial charge is 0.321 e. The van der Waals surface area contributed by atoms with Gasteiger partial charge in [0, 0.05) is 18.2 Å². The summed E-state index contributed by atoms with van der Waals surface area (Å²) >= 11 is 0. The van der Waals surface area contributed by atoms with E-state index in [2.05, 4.69) is 10.6 Å². The molecule has 1 saturated carbocycles. The van der Waals surface area contributed by atoms with E-state index >= 15 is 0 Å². The van der Waals surface area contributed by atoms with Crippen molar-refractivity contribution >= 4 is 11.9 Å². The van der Waals surface area contributed by atoms with Gasteiger partial charge in [-0.15, -0.1) is 0 Å². The van der Waals surface area contributed by atoms with Gasteiger partial charge in [-0.1, -0.05) is 13.0 Å². The van der Waals surface area contributed by atoms with Gasteiger partial charge in [0.2, 0.25) is 5.91 Å². The second kappa shape index (κ2) is 7.31. The molecule has 0 spiro atoms. The van der Waals surface area contributed by atoms with E-state index < -0.39 is 23.6 Å². The molecule has 0 heterocycles. The van der Waals surface area contributed by atoms with E-state index in [-0.39, 0.29) is 24.7 Å². The normalized spacial score (nSPS) is 14.0. The van der Waals surface area contributed by atoms with E-state index in [1.54, 1.807) is 11.8 Å². The molecule has 0 saturated heterocycles. The molecule has 1 fully saturated rings. The van der Waals surface area contributed by atoms with Gasteiger partial charge in [0.15, 0.2) is 0 Å². The van der Waals surface area contributed by atoms with E-state index in [0.29, 0.717) is 6.54 Å². The molecule has 2 N–H and O–H groups in total. The predicted molar refractivity (Wildman–Crippen MR) is 77.0 cm³/mol. The second-order valence-electron chi connectivity index (χ2n) is 5.30. The summed E-state index contributed by atoms with van der Waals surface area (Å²) in [7, 11) is 0. The summed E-state index contributed by atoms with van der Waals surface area (Å²) in [5, 5.41) is 4.85. The molecule has 1 aromatic carbocycles. The van der Waals surface area contributed by atoms with Crippen molar-refractivity contribution < 1.29 is 18.4 Å². The molecule has 7 heteroatoms. The molecule has 1 aliphatic carbocycles. The Balaban J connectivity index is 1.88. The fourth-order valence-corrected chi connectivity index (χ4v) is 2.00. The average molecular weight is 311 g/mol. The number of nitrogens with one attached hydrogen (secondary N) is 2. The maximum Gasteiger partial charge on any atom is 0.321 e. The number of nitrogens with zero attached hydrogens (tertiary/aromatic N) is 1. The molecule has 0 unspecified atom stereocenters. The Kier molecular flexibility index (Phi) is 5.43. The molecular weight excluding hydrogens is 292 g/mol. The summed E-state index contributed by atoms with van der Waals surface area (Å²) in [6, 6.07) is 3.27. The Morgan fingerprint density at radius 3 is 2.45 bits per heavy atom. The van der Waals surface area contributed by atoms with Gasteiger partial charge in [-0.3, -0.25) is 15.0 Å².